The number of benzene rings is 2. The number of aromatic hydroxyl groups is 1. The van der Waals surface area contributed by atoms with E-state index in [9.17, 15) is 24.8 Å². The Morgan fingerprint density at radius 3 is 2.32 bits per heavy atom. The lowest BCUT2D eigenvalue weighted by atomic mass is 9.73. The van der Waals surface area contributed by atoms with Crippen molar-refractivity contribution < 1.29 is 24.4 Å². The Morgan fingerprint density at radius 1 is 1.06 bits per heavy atom. The lowest BCUT2D eigenvalue weighted by molar-refractivity contribution is -0.386. The number of nitrogens with zero attached hydrogens (tertiary/aromatic N) is 1. The van der Waals surface area contributed by atoms with Crippen molar-refractivity contribution in [2.75, 3.05) is 7.11 Å². The first kappa shape index (κ1) is 23.5. The van der Waals surface area contributed by atoms with E-state index < -0.39 is 22.3 Å². The number of nitro groups is 1. The number of ketones is 1. The summed E-state index contributed by atoms with van der Waals surface area (Å²) in [6.45, 7) is 6.43. The summed E-state index contributed by atoms with van der Waals surface area (Å²) in [5.74, 6) is -1.71. The predicted molar refractivity (Wildman–Crippen MR) is 126 cm³/mol. The molecule has 0 fully saturated rings. The van der Waals surface area contributed by atoms with Crippen LogP contribution in [-0.2, 0) is 15.0 Å². The van der Waals surface area contributed by atoms with Crippen LogP contribution < -0.4 is 10.1 Å². The highest BCUT2D eigenvalue weighted by Gasteiger charge is 2.39. The maximum absolute atomic E-state index is 13.3. The highest BCUT2D eigenvalue weighted by Crippen LogP contribution is 2.46. The van der Waals surface area contributed by atoms with Gasteiger partial charge in [-0.2, -0.15) is 0 Å². The normalized spacial score (nSPS) is 20.6. The molecule has 0 radical (unpaired) electrons. The molecule has 34 heavy (non-hydrogen) atoms. The molecule has 0 aromatic heterocycles. The maximum atomic E-state index is 13.3. The molecule has 2 atom stereocenters. The van der Waals surface area contributed by atoms with Gasteiger partial charge in [-0.15, -0.1) is 0 Å². The number of allylic oxidation sites excluding steroid dienone is 2. The number of rotatable bonds is 4. The fraction of sp³-hybridized carbons (Fsp3) is 0.385. The second-order valence-electron chi connectivity index (χ2n) is 9.95. The fourth-order valence-electron chi connectivity index (χ4n) is 4.85. The summed E-state index contributed by atoms with van der Waals surface area (Å²) in [6, 6.07) is 10.9. The van der Waals surface area contributed by atoms with Gasteiger partial charge in [0.05, 0.1) is 12.0 Å². The number of phenolic OH excluding ortho intramolecular Hbond substituents is 1. The third kappa shape index (κ3) is 4.27. The molecule has 2 aromatic carbocycles. The Morgan fingerprint density at radius 2 is 1.74 bits per heavy atom. The van der Waals surface area contributed by atoms with Crippen LogP contribution in [0.3, 0.4) is 0 Å². The van der Waals surface area contributed by atoms with E-state index in [1.165, 1.54) is 24.8 Å². The number of methoxy groups -OCH3 is 1. The van der Waals surface area contributed by atoms with Gasteiger partial charge in [-0.3, -0.25) is 19.7 Å². The fourth-order valence-corrected chi connectivity index (χ4v) is 4.85. The van der Waals surface area contributed by atoms with Crippen LogP contribution in [0.2, 0.25) is 0 Å². The van der Waals surface area contributed by atoms with Crippen LogP contribution >= 0.6 is 0 Å². The Balaban J connectivity index is 1.72. The first-order chi connectivity index (χ1) is 16.0. The summed E-state index contributed by atoms with van der Waals surface area (Å²) < 4.78 is 5.11. The summed E-state index contributed by atoms with van der Waals surface area (Å²) >= 11 is 0. The molecule has 1 aliphatic carbocycles. The molecule has 2 N–H and O–H groups in total. The standard InChI is InChI=1S/C26H28N2O6/c1-26(2,3)17-7-5-14(6-8-17)15-9-19-24(21(29)11-15)18(13-23(30)27-19)16-10-20(28(32)33)25(31)22(12-16)34-4/h5-8,10,12,15,18,31H,9,11,13H2,1-4H3,(H,27,30). The third-order valence-corrected chi connectivity index (χ3v) is 6.68. The molecule has 0 saturated heterocycles. The SMILES string of the molecule is COc1cc(C2CC(=O)NC3=C2C(=O)CC(c2ccc(C(C)(C)C)cc2)C3)cc([N+](=O)[O-])c1O. The minimum atomic E-state index is -0.709. The minimum absolute atomic E-state index is 0.0133. The minimum Gasteiger partial charge on any atom is -0.500 e. The zero-order valence-electron chi connectivity index (χ0n) is 19.7. The summed E-state index contributed by atoms with van der Waals surface area (Å²) in [7, 11) is 1.29. The Labute approximate surface area is 197 Å². The van der Waals surface area contributed by atoms with E-state index in [2.05, 4.69) is 38.2 Å². The molecule has 1 heterocycles. The zero-order valence-corrected chi connectivity index (χ0v) is 19.7. The lowest BCUT2D eigenvalue weighted by Gasteiger charge is -2.34. The van der Waals surface area contributed by atoms with E-state index in [-0.39, 0.29) is 41.6 Å². The van der Waals surface area contributed by atoms with Gasteiger partial charge in [-0.1, -0.05) is 45.0 Å². The van der Waals surface area contributed by atoms with Gasteiger partial charge in [0.25, 0.3) is 0 Å². The van der Waals surface area contributed by atoms with Crippen molar-refractivity contribution >= 4 is 17.4 Å². The van der Waals surface area contributed by atoms with Crippen LogP contribution in [-0.4, -0.2) is 28.8 Å². The molecule has 0 bridgehead atoms. The predicted octanol–water partition coefficient (Wildman–Crippen LogP) is 4.61. The van der Waals surface area contributed by atoms with Crippen molar-refractivity contribution in [1.82, 2.24) is 5.32 Å². The van der Waals surface area contributed by atoms with Crippen molar-refractivity contribution in [2.45, 2.75) is 57.3 Å². The molecule has 178 valence electrons. The van der Waals surface area contributed by atoms with Crippen LogP contribution in [0.25, 0.3) is 0 Å². The van der Waals surface area contributed by atoms with Crippen molar-refractivity contribution in [1.29, 1.82) is 0 Å². The van der Waals surface area contributed by atoms with Crippen LogP contribution in [0, 0.1) is 10.1 Å². The molecule has 0 spiro atoms. The van der Waals surface area contributed by atoms with E-state index in [0.717, 1.165) is 5.56 Å². The Hall–Kier alpha value is -3.68. The van der Waals surface area contributed by atoms with Crippen LogP contribution in [0.5, 0.6) is 11.5 Å². The van der Waals surface area contributed by atoms with Gasteiger partial charge in [0.15, 0.2) is 11.5 Å². The van der Waals surface area contributed by atoms with Gasteiger partial charge in [0, 0.05) is 36.1 Å². The van der Waals surface area contributed by atoms with Crippen LogP contribution in [0.1, 0.15) is 68.6 Å². The molecular weight excluding hydrogens is 436 g/mol. The van der Waals surface area contributed by atoms with Crippen molar-refractivity contribution in [3.63, 3.8) is 0 Å². The topological polar surface area (TPSA) is 119 Å². The Bertz CT molecular complexity index is 1210. The summed E-state index contributed by atoms with van der Waals surface area (Å²) in [5, 5.41) is 24.4. The first-order valence-electron chi connectivity index (χ1n) is 11.2. The number of ether oxygens (including phenoxy) is 1. The van der Waals surface area contributed by atoms with Crippen molar-refractivity contribution in [3.05, 3.63) is 74.5 Å². The van der Waals surface area contributed by atoms with E-state index in [1.54, 1.807) is 0 Å². The molecule has 2 unspecified atom stereocenters. The van der Waals surface area contributed by atoms with Gasteiger partial charge in [-0.05, 0) is 40.5 Å². The molecule has 1 aliphatic heterocycles. The van der Waals surface area contributed by atoms with Gasteiger partial charge in [-0.25, -0.2) is 0 Å². The molecule has 8 nitrogen and oxygen atoms in total. The number of carbonyl (C=O) groups is 2. The van der Waals surface area contributed by atoms with E-state index >= 15 is 0 Å². The number of amides is 1. The molecule has 0 saturated carbocycles. The number of nitrogens with one attached hydrogen (secondary N) is 1. The molecule has 8 heteroatoms. The largest absolute Gasteiger partial charge is 0.500 e. The second-order valence-corrected chi connectivity index (χ2v) is 9.95. The van der Waals surface area contributed by atoms with E-state index in [0.29, 0.717) is 23.3 Å². The van der Waals surface area contributed by atoms with Gasteiger partial charge in [0.1, 0.15) is 0 Å². The molecule has 2 aliphatic rings. The van der Waals surface area contributed by atoms with Gasteiger partial charge >= 0.3 is 5.69 Å². The van der Waals surface area contributed by atoms with Gasteiger partial charge < -0.3 is 15.2 Å². The average Bonchev–Trinajstić information content (AvgIpc) is 2.77. The summed E-state index contributed by atoms with van der Waals surface area (Å²) in [4.78, 5) is 36.7. The number of phenols is 1. The lowest BCUT2D eigenvalue weighted by Crippen LogP contribution is -2.38. The third-order valence-electron chi connectivity index (χ3n) is 6.68. The van der Waals surface area contributed by atoms with Crippen molar-refractivity contribution in [2.24, 2.45) is 0 Å². The number of hydrogen-bond donors (Lipinski definition) is 2. The summed E-state index contributed by atoms with van der Waals surface area (Å²) in [6.07, 6.45) is 0.771. The van der Waals surface area contributed by atoms with Crippen LogP contribution in [0.4, 0.5) is 5.69 Å². The van der Waals surface area contributed by atoms with Crippen molar-refractivity contribution in [3.8, 4) is 11.5 Å². The maximum Gasteiger partial charge on any atom is 0.314 e. The average molecular weight is 465 g/mol. The number of hydrogen-bond acceptors (Lipinski definition) is 6. The quantitative estimate of drug-likeness (QED) is 0.504. The first-order valence-corrected chi connectivity index (χ1v) is 11.2. The number of carbonyl (C=O) groups excluding carboxylic acids is 2. The highest BCUT2D eigenvalue weighted by molar-refractivity contribution is 6.02. The monoisotopic (exact) mass is 464 g/mol. The van der Waals surface area contributed by atoms with E-state index in [1.807, 2.05) is 12.1 Å². The highest BCUT2D eigenvalue weighted by atomic mass is 16.6. The van der Waals surface area contributed by atoms with E-state index in [4.69, 9.17) is 4.74 Å². The molecule has 4 rings (SSSR count). The summed E-state index contributed by atoms with van der Waals surface area (Å²) in [5.41, 5.74) is 3.17. The molecular formula is C26H28N2O6. The number of nitro benzene ring substituents is 1. The smallest absolute Gasteiger partial charge is 0.314 e. The molecule has 1 amide bonds. The number of Topliss-reactive ketones (excluding diaryl/α,β-unsaturated/α-hetero) is 1. The Kier molecular flexibility index (Phi) is 5.93. The second kappa shape index (κ2) is 8.59. The molecule has 2 aromatic rings. The van der Waals surface area contributed by atoms with Crippen LogP contribution in [0.15, 0.2) is 47.7 Å². The van der Waals surface area contributed by atoms with Gasteiger partial charge in [0.2, 0.25) is 11.7 Å². The zero-order chi connectivity index (χ0) is 24.8.